The maximum Gasteiger partial charge on any atom is 0.306 e. The molecular formula is C34H41NO6. The van der Waals surface area contributed by atoms with E-state index in [1.807, 2.05) is 75.4 Å². The highest BCUT2D eigenvalue weighted by Gasteiger charge is 2.35. The van der Waals surface area contributed by atoms with E-state index in [2.05, 4.69) is 5.32 Å². The highest BCUT2D eigenvalue weighted by Crippen LogP contribution is 2.37. The van der Waals surface area contributed by atoms with Crippen LogP contribution in [0.3, 0.4) is 0 Å². The number of aliphatic hydroxyl groups excluding tert-OH is 2. The summed E-state index contributed by atoms with van der Waals surface area (Å²) in [5.41, 5.74) is 2.89. The lowest BCUT2D eigenvalue weighted by atomic mass is 9.76. The van der Waals surface area contributed by atoms with E-state index in [-0.39, 0.29) is 36.4 Å². The van der Waals surface area contributed by atoms with Gasteiger partial charge in [-0.15, -0.1) is 0 Å². The van der Waals surface area contributed by atoms with E-state index < -0.39 is 29.8 Å². The van der Waals surface area contributed by atoms with Crippen molar-refractivity contribution in [2.75, 3.05) is 0 Å². The second-order valence-corrected chi connectivity index (χ2v) is 12.0. The normalized spacial score (nSPS) is 18.7. The van der Waals surface area contributed by atoms with Gasteiger partial charge in [-0.05, 0) is 79.8 Å². The molecule has 0 saturated heterocycles. The largest absolute Gasteiger partial charge is 0.508 e. The SMILES string of the molecule is CC(C)(C)OC(=O)C[C@@H](Cc1ccccc1)[C@H](CCC(=O)N[C@H]1c2ccccc2C[C@H]1O)C(O)c1ccc(O)cc1. The molecular weight excluding hydrogens is 518 g/mol. The Morgan fingerprint density at radius 2 is 1.63 bits per heavy atom. The van der Waals surface area contributed by atoms with Crippen molar-refractivity contribution in [3.63, 3.8) is 0 Å². The number of aliphatic hydroxyl groups is 2. The van der Waals surface area contributed by atoms with Crippen LogP contribution in [0.4, 0.5) is 0 Å². The lowest BCUT2D eigenvalue weighted by Gasteiger charge is -2.32. The van der Waals surface area contributed by atoms with Crippen molar-refractivity contribution in [3.05, 3.63) is 101 Å². The summed E-state index contributed by atoms with van der Waals surface area (Å²) in [4.78, 5) is 26.3. The zero-order valence-corrected chi connectivity index (χ0v) is 24.0. The molecule has 3 aromatic carbocycles. The Balaban J connectivity index is 1.57. The number of nitrogens with one attached hydrogen (secondary N) is 1. The Labute approximate surface area is 242 Å². The number of hydrogen-bond donors (Lipinski definition) is 4. The number of hydrogen-bond acceptors (Lipinski definition) is 6. The fourth-order valence-electron chi connectivity index (χ4n) is 5.75. The fraction of sp³-hybridized carbons (Fsp3) is 0.412. The Morgan fingerprint density at radius 1 is 0.976 bits per heavy atom. The van der Waals surface area contributed by atoms with E-state index in [4.69, 9.17) is 4.74 Å². The first-order valence-corrected chi connectivity index (χ1v) is 14.3. The monoisotopic (exact) mass is 559 g/mol. The van der Waals surface area contributed by atoms with Gasteiger partial charge in [-0.3, -0.25) is 9.59 Å². The van der Waals surface area contributed by atoms with Crippen LogP contribution in [0.2, 0.25) is 0 Å². The van der Waals surface area contributed by atoms with Crippen molar-refractivity contribution >= 4 is 11.9 Å². The molecule has 0 bridgehead atoms. The summed E-state index contributed by atoms with van der Waals surface area (Å²) in [6.07, 6.45) is -0.217. The van der Waals surface area contributed by atoms with E-state index in [1.165, 1.54) is 12.1 Å². The second-order valence-electron chi connectivity index (χ2n) is 12.0. The number of phenolic OH excluding ortho intramolecular Hbond substituents is 1. The predicted molar refractivity (Wildman–Crippen MR) is 157 cm³/mol. The van der Waals surface area contributed by atoms with Gasteiger partial charge in [0.1, 0.15) is 11.4 Å². The molecule has 0 aliphatic heterocycles. The third kappa shape index (κ3) is 8.41. The minimum absolute atomic E-state index is 0.0717. The predicted octanol–water partition coefficient (Wildman–Crippen LogP) is 5.19. The summed E-state index contributed by atoms with van der Waals surface area (Å²) in [7, 11) is 0. The average molecular weight is 560 g/mol. The topological polar surface area (TPSA) is 116 Å². The van der Waals surface area contributed by atoms with Gasteiger partial charge in [0.25, 0.3) is 0 Å². The number of esters is 1. The molecule has 7 nitrogen and oxygen atoms in total. The molecule has 4 N–H and O–H groups in total. The molecule has 3 aromatic rings. The molecule has 1 aliphatic rings. The smallest absolute Gasteiger partial charge is 0.306 e. The van der Waals surface area contributed by atoms with Gasteiger partial charge in [0, 0.05) is 19.3 Å². The van der Waals surface area contributed by atoms with Crippen molar-refractivity contribution < 1.29 is 29.6 Å². The third-order valence-electron chi connectivity index (χ3n) is 7.66. The van der Waals surface area contributed by atoms with Crippen LogP contribution in [0, 0.1) is 11.8 Å². The minimum atomic E-state index is -0.989. The van der Waals surface area contributed by atoms with E-state index in [0.717, 1.165) is 16.7 Å². The number of amides is 1. The molecule has 0 heterocycles. The van der Waals surface area contributed by atoms with Crippen molar-refractivity contribution in [1.82, 2.24) is 5.32 Å². The van der Waals surface area contributed by atoms with Gasteiger partial charge in [-0.25, -0.2) is 0 Å². The molecule has 0 fully saturated rings. The standard InChI is InChI=1S/C34H41NO6/c1-34(2,3)41-31(39)21-25(19-22-9-5-4-6-10-22)28(33(40)23-13-15-26(36)16-14-23)17-18-30(38)35-32-27-12-8-7-11-24(27)20-29(32)37/h4-16,25,28-29,32-33,36-37,40H,17-21H2,1-3H3,(H,35,38)/t25-,28+,29-,32+,33?/m1/s1. The number of carbonyl (C=O) groups excluding carboxylic acids is 2. The van der Waals surface area contributed by atoms with Crippen LogP contribution in [0.5, 0.6) is 5.75 Å². The molecule has 1 amide bonds. The summed E-state index contributed by atoms with van der Waals surface area (Å²) in [6, 6.07) is 23.3. The number of ether oxygens (including phenoxy) is 1. The van der Waals surface area contributed by atoms with Crippen LogP contribution in [0.25, 0.3) is 0 Å². The van der Waals surface area contributed by atoms with Crippen LogP contribution < -0.4 is 5.32 Å². The number of phenols is 1. The first-order valence-electron chi connectivity index (χ1n) is 14.3. The molecule has 0 spiro atoms. The van der Waals surface area contributed by atoms with Crippen LogP contribution in [-0.4, -0.2) is 38.9 Å². The minimum Gasteiger partial charge on any atom is -0.508 e. The van der Waals surface area contributed by atoms with E-state index >= 15 is 0 Å². The Kier molecular flexibility index (Phi) is 9.84. The first kappa shape index (κ1) is 30.3. The molecule has 41 heavy (non-hydrogen) atoms. The van der Waals surface area contributed by atoms with Crippen LogP contribution in [0.15, 0.2) is 78.9 Å². The maximum absolute atomic E-state index is 13.2. The maximum atomic E-state index is 13.2. The van der Waals surface area contributed by atoms with E-state index in [9.17, 15) is 24.9 Å². The molecule has 0 radical (unpaired) electrons. The molecule has 0 aromatic heterocycles. The lowest BCUT2D eigenvalue weighted by Crippen LogP contribution is -2.35. The van der Waals surface area contributed by atoms with Gasteiger partial charge < -0.3 is 25.4 Å². The molecule has 218 valence electrons. The Morgan fingerprint density at radius 3 is 2.32 bits per heavy atom. The number of aromatic hydroxyl groups is 1. The molecule has 1 unspecified atom stereocenters. The van der Waals surface area contributed by atoms with Crippen molar-refractivity contribution in [2.24, 2.45) is 11.8 Å². The Bertz CT molecular complexity index is 1300. The summed E-state index contributed by atoms with van der Waals surface area (Å²) in [5.74, 6) is -1.32. The lowest BCUT2D eigenvalue weighted by molar-refractivity contribution is -0.156. The van der Waals surface area contributed by atoms with Crippen LogP contribution in [-0.2, 0) is 27.2 Å². The van der Waals surface area contributed by atoms with Crippen LogP contribution in [0.1, 0.15) is 74.4 Å². The van der Waals surface area contributed by atoms with Gasteiger partial charge in [0.2, 0.25) is 5.91 Å². The van der Waals surface area contributed by atoms with Gasteiger partial charge in [0.05, 0.1) is 18.2 Å². The molecule has 4 rings (SSSR count). The number of fused-ring (bicyclic) bond motifs is 1. The summed E-state index contributed by atoms with van der Waals surface area (Å²) < 4.78 is 5.66. The highest BCUT2D eigenvalue weighted by molar-refractivity contribution is 5.77. The van der Waals surface area contributed by atoms with Gasteiger partial charge >= 0.3 is 5.97 Å². The molecule has 7 heteroatoms. The van der Waals surface area contributed by atoms with Gasteiger partial charge in [-0.2, -0.15) is 0 Å². The average Bonchev–Trinajstić information content (AvgIpc) is 3.23. The second kappa shape index (κ2) is 13.3. The van der Waals surface area contributed by atoms with E-state index in [0.29, 0.717) is 24.8 Å². The summed E-state index contributed by atoms with van der Waals surface area (Å²) >= 11 is 0. The molecule has 5 atom stereocenters. The molecule has 0 saturated carbocycles. The fourth-order valence-corrected chi connectivity index (χ4v) is 5.75. The van der Waals surface area contributed by atoms with Crippen molar-refractivity contribution in [1.29, 1.82) is 0 Å². The van der Waals surface area contributed by atoms with Gasteiger partial charge in [0.15, 0.2) is 0 Å². The van der Waals surface area contributed by atoms with Crippen LogP contribution >= 0.6 is 0 Å². The Hall–Kier alpha value is -3.68. The number of rotatable bonds is 11. The van der Waals surface area contributed by atoms with Crippen molar-refractivity contribution in [2.45, 2.75) is 76.7 Å². The van der Waals surface area contributed by atoms with Gasteiger partial charge in [-0.1, -0.05) is 66.7 Å². The summed E-state index contributed by atoms with van der Waals surface area (Å²) in [5, 5.41) is 35.0. The number of carbonyl (C=O) groups is 2. The third-order valence-corrected chi connectivity index (χ3v) is 7.66. The molecule has 1 aliphatic carbocycles. The van der Waals surface area contributed by atoms with Crippen molar-refractivity contribution in [3.8, 4) is 5.75 Å². The van der Waals surface area contributed by atoms with E-state index in [1.54, 1.807) is 12.1 Å². The zero-order valence-electron chi connectivity index (χ0n) is 24.0. The number of benzene rings is 3. The quantitative estimate of drug-likeness (QED) is 0.241. The summed E-state index contributed by atoms with van der Waals surface area (Å²) in [6.45, 7) is 5.46. The zero-order chi connectivity index (χ0) is 29.6. The highest BCUT2D eigenvalue weighted by atomic mass is 16.6. The first-order chi connectivity index (χ1) is 19.5.